The van der Waals surface area contributed by atoms with Gasteiger partial charge in [0, 0.05) is 45.3 Å². The van der Waals surface area contributed by atoms with Crippen LogP contribution in [-0.4, -0.2) is 61.2 Å². The number of carbonyl (C=O) groups excluding carboxylic acids is 1. The average Bonchev–Trinajstić information content (AvgIpc) is 2.57. The number of hydrogen-bond donors (Lipinski definition) is 1. The molecule has 2 heterocycles. The van der Waals surface area contributed by atoms with Crippen molar-refractivity contribution >= 4 is 5.97 Å². The molecule has 2 fully saturated rings. The lowest BCUT2D eigenvalue weighted by Crippen LogP contribution is -2.52. The van der Waals surface area contributed by atoms with Crippen molar-refractivity contribution in [2.45, 2.75) is 18.9 Å². The summed E-state index contributed by atoms with van der Waals surface area (Å²) in [5.41, 5.74) is 0.613. The number of rotatable bonds is 3. The largest absolute Gasteiger partial charge is 0.364 e. The highest BCUT2D eigenvalue weighted by atomic mass is 16.7. The van der Waals surface area contributed by atoms with E-state index in [0.29, 0.717) is 11.6 Å². The maximum Gasteiger partial charge on any atom is 0.357 e. The van der Waals surface area contributed by atoms with E-state index in [1.165, 1.54) is 0 Å². The first kappa shape index (κ1) is 14.5. The predicted octanol–water partition coefficient (Wildman–Crippen LogP) is 1.13. The fourth-order valence-electron chi connectivity index (χ4n) is 3.09. The van der Waals surface area contributed by atoms with Crippen LogP contribution < -0.4 is 5.32 Å². The lowest BCUT2D eigenvalue weighted by molar-refractivity contribution is -0.129. The molecule has 1 aromatic carbocycles. The molecule has 1 aromatic rings. The van der Waals surface area contributed by atoms with Crippen LogP contribution in [0.3, 0.4) is 0 Å². The molecular formula is C16H23N3O2. The van der Waals surface area contributed by atoms with Crippen molar-refractivity contribution in [3.05, 3.63) is 35.9 Å². The van der Waals surface area contributed by atoms with E-state index in [0.717, 1.165) is 52.1 Å². The van der Waals surface area contributed by atoms with Crippen LogP contribution in [0.15, 0.2) is 30.3 Å². The van der Waals surface area contributed by atoms with Gasteiger partial charge in [-0.2, -0.15) is 0 Å². The highest BCUT2D eigenvalue weighted by Crippen LogP contribution is 2.18. The normalized spacial score (nSPS) is 22.1. The van der Waals surface area contributed by atoms with Crippen LogP contribution in [0.1, 0.15) is 23.2 Å². The first-order valence-electron chi connectivity index (χ1n) is 7.80. The number of nitrogens with zero attached hydrogens (tertiary/aromatic N) is 2. The highest BCUT2D eigenvalue weighted by Gasteiger charge is 2.27. The van der Waals surface area contributed by atoms with Crippen molar-refractivity contribution in [1.29, 1.82) is 0 Å². The monoisotopic (exact) mass is 289 g/mol. The number of nitrogens with one attached hydrogen (secondary N) is 1. The lowest BCUT2D eigenvalue weighted by Gasteiger charge is -2.39. The summed E-state index contributed by atoms with van der Waals surface area (Å²) in [5.74, 6) is -0.253. The molecule has 0 bridgehead atoms. The lowest BCUT2D eigenvalue weighted by atomic mass is 10.0. The predicted molar refractivity (Wildman–Crippen MR) is 80.9 cm³/mol. The first-order chi connectivity index (χ1) is 10.3. The minimum absolute atomic E-state index is 0.253. The second kappa shape index (κ2) is 7.02. The summed E-state index contributed by atoms with van der Waals surface area (Å²) >= 11 is 0. The summed E-state index contributed by atoms with van der Waals surface area (Å²) in [6, 6.07) is 9.82. The molecule has 0 spiro atoms. The minimum Gasteiger partial charge on any atom is -0.364 e. The second-order valence-corrected chi connectivity index (χ2v) is 5.69. The SMILES string of the molecule is O=C(ON1CCC(N2CCNCC2)CC1)c1ccccc1. The Morgan fingerprint density at radius 3 is 2.38 bits per heavy atom. The molecular weight excluding hydrogens is 266 g/mol. The number of piperazine rings is 1. The van der Waals surface area contributed by atoms with Crippen LogP contribution in [0.2, 0.25) is 0 Å². The van der Waals surface area contributed by atoms with E-state index in [9.17, 15) is 4.79 Å². The first-order valence-corrected chi connectivity index (χ1v) is 7.80. The Morgan fingerprint density at radius 2 is 1.71 bits per heavy atom. The fourth-order valence-corrected chi connectivity index (χ4v) is 3.09. The van der Waals surface area contributed by atoms with E-state index in [1.807, 2.05) is 23.3 Å². The van der Waals surface area contributed by atoms with Gasteiger partial charge in [0.15, 0.2) is 0 Å². The molecule has 21 heavy (non-hydrogen) atoms. The minimum atomic E-state index is -0.253. The van der Waals surface area contributed by atoms with E-state index in [-0.39, 0.29) is 5.97 Å². The van der Waals surface area contributed by atoms with E-state index in [4.69, 9.17) is 4.84 Å². The smallest absolute Gasteiger partial charge is 0.357 e. The zero-order valence-corrected chi connectivity index (χ0v) is 12.3. The Bertz CT molecular complexity index is 452. The molecule has 5 nitrogen and oxygen atoms in total. The molecule has 0 amide bonds. The maximum atomic E-state index is 12.0. The molecule has 0 atom stereocenters. The van der Waals surface area contributed by atoms with Crippen molar-refractivity contribution in [3.63, 3.8) is 0 Å². The van der Waals surface area contributed by atoms with Gasteiger partial charge in [-0.1, -0.05) is 18.2 Å². The molecule has 5 heteroatoms. The Hall–Kier alpha value is -1.43. The molecule has 1 N–H and O–H groups in total. The third kappa shape index (κ3) is 3.81. The van der Waals surface area contributed by atoms with E-state index >= 15 is 0 Å². The van der Waals surface area contributed by atoms with Gasteiger partial charge in [-0.25, -0.2) is 4.79 Å². The van der Waals surface area contributed by atoms with Gasteiger partial charge in [-0.15, -0.1) is 5.06 Å². The third-order valence-corrected chi connectivity index (χ3v) is 4.31. The standard InChI is InChI=1S/C16H23N3O2/c20-16(14-4-2-1-3-5-14)21-19-10-6-15(7-11-19)18-12-8-17-9-13-18/h1-5,15,17H,6-13H2. The Morgan fingerprint density at radius 1 is 1.05 bits per heavy atom. The van der Waals surface area contributed by atoms with Crippen LogP contribution in [0, 0.1) is 0 Å². The van der Waals surface area contributed by atoms with Gasteiger partial charge in [0.05, 0.1) is 5.56 Å². The zero-order chi connectivity index (χ0) is 14.5. The second-order valence-electron chi connectivity index (χ2n) is 5.69. The number of hydroxylamine groups is 2. The van der Waals surface area contributed by atoms with Gasteiger partial charge in [0.2, 0.25) is 0 Å². The molecule has 0 unspecified atom stereocenters. The van der Waals surface area contributed by atoms with Crippen molar-refractivity contribution in [3.8, 4) is 0 Å². The molecule has 0 saturated carbocycles. The molecule has 2 aliphatic heterocycles. The molecule has 0 radical (unpaired) electrons. The Balaban J connectivity index is 1.46. The molecule has 0 aliphatic carbocycles. The fraction of sp³-hybridized carbons (Fsp3) is 0.562. The Kier molecular flexibility index (Phi) is 4.85. The molecule has 0 aromatic heterocycles. The third-order valence-electron chi connectivity index (χ3n) is 4.31. The number of carbonyl (C=O) groups is 1. The van der Waals surface area contributed by atoms with Gasteiger partial charge >= 0.3 is 5.97 Å². The van der Waals surface area contributed by atoms with Crippen LogP contribution in [0.5, 0.6) is 0 Å². The number of benzene rings is 1. The van der Waals surface area contributed by atoms with Gasteiger partial charge in [0.1, 0.15) is 0 Å². The zero-order valence-electron chi connectivity index (χ0n) is 12.3. The summed E-state index contributed by atoms with van der Waals surface area (Å²) in [6.45, 7) is 6.09. The van der Waals surface area contributed by atoms with Crippen LogP contribution >= 0.6 is 0 Å². The van der Waals surface area contributed by atoms with Crippen LogP contribution in [-0.2, 0) is 4.84 Å². The summed E-state index contributed by atoms with van der Waals surface area (Å²) in [7, 11) is 0. The summed E-state index contributed by atoms with van der Waals surface area (Å²) in [5, 5.41) is 5.20. The van der Waals surface area contributed by atoms with E-state index in [1.54, 1.807) is 12.1 Å². The molecule has 2 saturated heterocycles. The van der Waals surface area contributed by atoms with Gasteiger partial charge in [-0.3, -0.25) is 4.90 Å². The average molecular weight is 289 g/mol. The quantitative estimate of drug-likeness (QED) is 0.904. The van der Waals surface area contributed by atoms with Crippen LogP contribution in [0.25, 0.3) is 0 Å². The van der Waals surface area contributed by atoms with Gasteiger partial charge in [-0.05, 0) is 25.0 Å². The van der Waals surface area contributed by atoms with Gasteiger partial charge < -0.3 is 10.2 Å². The van der Waals surface area contributed by atoms with Crippen LogP contribution in [0.4, 0.5) is 0 Å². The van der Waals surface area contributed by atoms with Crippen molar-refractivity contribution in [2.75, 3.05) is 39.3 Å². The molecule has 114 valence electrons. The highest BCUT2D eigenvalue weighted by molar-refractivity contribution is 5.89. The Labute approximate surface area is 125 Å². The van der Waals surface area contributed by atoms with Crippen molar-refractivity contribution in [2.24, 2.45) is 0 Å². The topological polar surface area (TPSA) is 44.8 Å². The maximum absolute atomic E-state index is 12.0. The summed E-state index contributed by atoms with van der Waals surface area (Å²) in [4.78, 5) is 20.1. The van der Waals surface area contributed by atoms with E-state index < -0.39 is 0 Å². The molecule has 3 rings (SSSR count). The van der Waals surface area contributed by atoms with E-state index in [2.05, 4.69) is 10.2 Å². The van der Waals surface area contributed by atoms with Crippen molar-refractivity contribution in [1.82, 2.24) is 15.3 Å². The summed E-state index contributed by atoms with van der Waals surface area (Å²) in [6.07, 6.45) is 2.14. The van der Waals surface area contributed by atoms with Crippen molar-refractivity contribution < 1.29 is 9.63 Å². The summed E-state index contributed by atoms with van der Waals surface area (Å²) < 4.78 is 0. The number of piperidine rings is 1. The molecule has 2 aliphatic rings. The van der Waals surface area contributed by atoms with Gasteiger partial charge in [0.25, 0.3) is 0 Å². The number of hydrogen-bond acceptors (Lipinski definition) is 5.